The van der Waals surface area contributed by atoms with Crippen LogP contribution in [-0.4, -0.2) is 34.3 Å². The fraction of sp³-hybridized carbons (Fsp3) is 0.857. The topological polar surface area (TPSA) is 49.4 Å². The van der Waals surface area contributed by atoms with Crippen LogP contribution in [0.3, 0.4) is 0 Å². The third kappa shape index (κ3) is 1.91. The third-order valence-electron chi connectivity index (χ3n) is 4.81. The normalized spacial score (nSPS) is 24.1. The van der Waals surface area contributed by atoms with Crippen molar-refractivity contribution in [1.82, 2.24) is 10.2 Å². The van der Waals surface area contributed by atoms with E-state index in [1.165, 1.54) is 12.8 Å². The molecular formula is C14H24N2O2. The molecule has 2 amide bonds. The van der Waals surface area contributed by atoms with Gasteiger partial charge in [-0.05, 0) is 45.4 Å². The van der Waals surface area contributed by atoms with E-state index in [1.807, 2.05) is 18.7 Å². The van der Waals surface area contributed by atoms with E-state index < -0.39 is 5.54 Å². The second-order valence-corrected chi connectivity index (χ2v) is 6.16. The van der Waals surface area contributed by atoms with Gasteiger partial charge in [-0.15, -0.1) is 0 Å². The highest BCUT2D eigenvalue weighted by atomic mass is 16.2. The highest BCUT2D eigenvalue weighted by Gasteiger charge is 2.52. The van der Waals surface area contributed by atoms with Crippen molar-refractivity contribution in [3.05, 3.63) is 0 Å². The van der Waals surface area contributed by atoms with Gasteiger partial charge in [0.2, 0.25) is 11.8 Å². The molecule has 0 aromatic heterocycles. The van der Waals surface area contributed by atoms with Gasteiger partial charge < -0.3 is 10.2 Å². The number of hydrogen-bond acceptors (Lipinski definition) is 2. The van der Waals surface area contributed by atoms with E-state index >= 15 is 0 Å². The van der Waals surface area contributed by atoms with E-state index in [9.17, 15) is 9.59 Å². The summed E-state index contributed by atoms with van der Waals surface area (Å²) in [5, 5.41) is 2.91. The fourth-order valence-corrected chi connectivity index (χ4v) is 3.04. The molecule has 2 rings (SSSR count). The van der Waals surface area contributed by atoms with Crippen molar-refractivity contribution in [2.75, 3.05) is 6.54 Å². The van der Waals surface area contributed by atoms with Crippen molar-refractivity contribution < 1.29 is 9.59 Å². The molecule has 18 heavy (non-hydrogen) atoms. The van der Waals surface area contributed by atoms with Crippen LogP contribution in [0.5, 0.6) is 0 Å². The first-order valence-corrected chi connectivity index (χ1v) is 7.00. The largest absolute Gasteiger partial charge is 0.340 e. The van der Waals surface area contributed by atoms with Crippen LogP contribution < -0.4 is 5.32 Å². The molecule has 2 fully saturated rings. The van der Waals surface area contributed by atoms with Gasteiger partial charge in [-0.25, -0.2) is 0 Å². The van der Waals surface area contributed by atoms with Crippen LogP contribution in [0.1, 0.15) is 53.4 Å². The standard InChI is InChI=1S/C14H24N2O2/c1-5-14(6-2)12(18)16(9-11(17)15-14)13(3,4)10-7-8-10/h10H,5-9H2,1-4H3,(H,15,17). The number of carbonyl (C=O) groups is 2. The van der Waals surface area contributed by atoms with E-state index in [2.05, 4.69) is 19.2 Å². The maximum absolute atomic E-state index is 12.7. The highest BCUT2D eigenvalue weighted by Crippen LogP contribution is 2.44. The number of piperazine rings is 1. The maximum atomic E-state index is 12.7. The summed E-state index contributed by atoms with van der Waals surface area (Å²) in [4.78, 5) is 26.5. The number of rotatable bonds is 4. The lowest BCUT2D eigenvalue weighted by atomic mass is 9.85. The monoisotopic (exact) mass is 252 g/mol. The van der Waals surface area contributed by atoms with Gasteiger partial charge in [0.15, 0.2) is 0 Å². The average molecular weight is 252 g/mol. The second kappa shape index (κ2) is 4.25. The minimum atomic E-state index is -0.679. The van der Waals surface area contributed by atoms with Crippen LogP contribution in [0.2, 0.25) is 0 Å². The molecular weight excluding hydrogens is 228 g/mol. The van der Waals surface area contributed by atoms with Gasteiger partial charge in [-0.1, -0.05) is 13.8 Å². The Morgan fingerprint density at radius 1 is 1.28 bits per heavy atom. The predicted octanol–water partition coefficient (Wildman–Crippen LogP) is 1.69. The predicted molar refractivity (Wildman–Crippen MR) is 70.0 cm³/mol. The van der Waals surface area contributed by atoms with E-state index in [-0.39, 0.29) is 23.9 Å². The molecule has 1 aliphatic carbocycles. The first kappa shape index (κ1) is 13.4. The number of amides is 2. The van der Waals surface area contributed by atoms with Crippen molar-refractivity contribution in [2.24, 2.45) is 5.92 Å². The molecule has 4 nitrogen and oxygen atoms in total. The van der Waals surface area contributed by atoms with Crippen molar-refractivity contribution in [1.29, 1.82) is 0 Å². The zero-order valence-corrected chi connectivity index (χ0v) is 11.9. The van der Waals surface area contributed by atoms with Gasteiger partial charge in [0, 0.05) is 5.54 Å². The van der Waals surface area contributed by atoms with Crippen molar-refractivity contribution >= 4 is 11.8 Å². The lowest BCUT2D eigenvalue weighted by Crippen LogP contribution is -2.70. The summed E-state index contributed by atoms with van der Waals surface area (Å²) in [6.45, 7) is 8.34. The molecule has 4 heteroatoms. The Hall–Kier alpha value is -1.06. The number of carbonyl (C=O) groups excluding carboxylic acids is 2. The van der Waals surface area contributed by atoms with E-state index in [4.69, 9.17) is 0 Å². The molecule has 0 radical (unpaired) electrons. The van der Waals surface area contributed by atoms with E-state index in [1.54, 1.807) is 0 Å². The summed E-state index contributed by atoms with van der Waals surface area (Å²) < 4.78 is 0. The van der Waals surface area contributed by atoms with Gasteiger partial charge in [-0.2, -0.15) is 0 Å². The van der Waals surface area contributed by atoms with E-state index in [0.29, 0.717) is 18.8 Å². The first-order chi connectivity index (χ1) is 8.37. The minimum absolute atomic E-state index is 0.0213. The molecule has 0 aromatic carbocycles. The van der Waals surface area contributed by atoms with Crippen molar-refractivity contribution in [3.8, 4) is 0 Å². The van der Waals surface area contributed by atoms with Crippen LogP contribution in [0, 0.1) is 5.92 Å². The SMILES string of the molecule is CCC1(CC)NC(=O)CN(C(C)(C)C2CC2)C1=O. The molecule has 102 valence electrons. The van der Waals surface area contributed by atoms with Crippen LogP contribution >= 0.6 is 0 Å². The van der Waals surface area contributed by atoms with Gasteiger partial charge >= 0.3 is 0 Å². The minimum Gasteiger partial charge on any atom is -0.340 e. The summed E-state index contributed by atoms with van der Waals surface area (Å²) in [6.07, 6.45) is 3.66. The molecule has 1 N–H and O–H groups in total. The smallest absolute Gasteiger partial charge is 0.249 e. The van der Waals surface area contributed by atoms with Crippen LogP contribution in [0.4, 0.5) is 0 Å². The fourth-order valence-electron chi connectivity index (χ4n) is 3.04. The molecule has 0 bridgehead atoms. The Morgan fingerprint density at radius 2 is 1.83 bits per heavy atom. The summed E-state index contributed by atoms with van der Waals surface area (Å²) >= 11 is 0. The Bertz CT molecular complexity index is 368. The molecule has 0 unspecified atom stereocenters. The highest BCUT2D eigenvalue weighted by molar-refractivity contribution is 5.98. The van der Waals surface area contributed by atoms with Crippen LogP contribution in [0.15, 0.2) is 0 Å². The Labute approximate surface area is 109 Å². The zero-order valence-electron chi connectivity index (χ0n) is 11.9. The summed E-state index contributed by atoms with van der Waals surface area (Å²) in [7, 11) is 0. The summed E-state index contributed by atoms with van der Waals surface area (Å²) in [5.74, 6) is 0.634. The molecule has 2 aliphatic rings. The molecule has 1 saturated heterocycles. The molecule has 1 saturated carbocycles. The van der Waals surface area contributed by atoms with Gasteiger partial charge in [0.25, 0.3) is 0 Å². The lowest BCUT2D eigenvalue weighted by Gasteiger charge is -2.48. The van der Waals surface area contributed by atoms with Crippen molar-refractivity contribution in [2.45, 2.75) is 64.5 Å². The van der Waals surface area contributed by atoms with Gasteiger partial charge in [0.1, 0.15) is 12.1 Å². The Morgan fingerprint density at radius 3 is 2.28 bits per heavy atom. The summed E-state index contributed by atoms with van der Waals surface area (Å²) in [6, 6.07) is 0. The first-order valence-electron chi connectivity index (χ1n) is 7.00. The second-order valence-electron chi connectivity index (χ2n) is 6.16. The van der Waals surface area contributed by atoms with Crippen molar-refractivity contribution in [3.63, 3.8) is 0 Å². The third-order valence-corrected chi connectivity index (χ3v) is 4.81. The lowest BCUT2D eigenvalue weighted by molar-refractivity contribution is -0.157. The Kier molecular flexibility index (Phi) is 3.16. The maximum Gasteiger partial charge on any atom is 0.249 e. The van der Waals surface area contributed by atoms with Gasteiger partial charge in [-0.3, -0.25) is 9.59 Å². The number of nitrogens with zero attached hydrogens (tertiary/aromatic N) is 1. The molecule has 1 heterocycles. The number of nitrogens with one attached hydrogen (secondary N) is 1. The Balaban J connectivity index is 2.30. The number of hydrogen-bond donors (Lipinski definition) is 1. The summed E-state index contributed by atoms with van der Waals surface area (Å²) in [5.41, 5.74) is -0.869. The van der Waals surface area contributed by atoms with E-state index in [0.717, 1.165) is 0 Å². The average Bonchev–Trinajstić information content (AvgIpc) is 3.16. The molecule has 1 aliphatic heterocycles. The zero-order chi connectivity index (χ0) is 13.6. The molecule has 0 atom stereocenters. The molecule has 0 spiro atoms. The van der Waals surface area contributed by atoms with Gasteiger partial charge in [0.05, 0.1) is 0 Å². The molecule has 0 aromatic rings. The van der Waals surface area contributed by atoms with Crippen LogP contribution in [-0.2, 0) is 9.59 Å². The van der Waals surface area contributed by atoms with Crippen LogP contribution in [0.25, 0.3) is 0 Å². The quantitative estimate of drug-likeness (QED) is 0.827.